The van der Waals surface area contributed by atoms with Gasteiger partial charge in [0.25, 0.3) is 0 Å². The summed E-state index contributed by atoms with van der Waals surface area (Å²) in [6, 6.07) is 3.59. The van der Waals surface area contributed by atoms with E-state index in [0.717, 1.165) is 44.2 Å². The highest BCUT2D eigenvalue weighted by atomic mass is 19.1. The van der Waals surface area contributed by atoms with Gasteiger partial charge in [-0.25, -0.2) is 8.78 Å². The van der Waals surface area contributed by atoms with E-state index in [2.05, 4.69) is 6.92 Å². The van der Waals surface area contributed by atoms with Crippen LogP contribution in [0, 0.1) is 23.5 Å². The summed E-state index contributed by atoms with van der Waals surface area (Å²) in [6.07, 6.45) is 4.65. The zero-order valence-corrected chi connectivity index (χ0v) is 10.6. The van der Waals surface area contributed by atoms with Gasteiger partial charge >= 0.3 is 0 Å². The number of benzene rings is 1. The van der Waals surface area contributed by atoms with Gasteiger partial charge in [0, 0.05) is 5.92 Å². The minimum atomic E-state index is -0.737. The third-order valence-electron chi connectivity index (χ3n) is 3.94. The van der Waals surface area contributed by atoms with Crippen LogP contribution >= 0.6 is 0 Å². The van der Waals surface area contributed by atoms with Crippen molar-refractivity contribution in [2.24, 2.45) is 11.8 Å². The highest BCUT2D eigenvalue weighted by molar-refractivity contribution is 5.98. The van der Waals surface area contributed by atoms with Gasteiger partial charge in [0.05, 0.1) is 5.56 Å². The molecule has 0 heterocycles. The lowest BCUT2D eigenvalue weighted by Gasteiger charge is -2.27. The topological polar surface area (TPSA) is 17.1 Å². The molecule has 18 heavy (non-hydrogen) atoms. The second-order valence-electron chi connectivity index (χ2n) is 5.10. The molecule has 98 valence electrons. The molecule has 1 nitrogen and oxygen atoms in total. The van der Waals surface area contributed by atoms with Gasteiger partial charge in [0.15, 0.2) is 5.78 Å². The van der Waals surface area contributed by atoms with Crippen molar-refractivity contribution in [3.8, 4) is 0 Å². The van der Waals surface area contributed by atoms with Crippen molar-refractivity contribution in [3.05, 3.63) is 35.4 Å². The van der Waals surface area contributed by atoms with Crippen LogP contribution < -0.4 is 0 Å². The average molecular weight is 252 g/mol. The monoisotopic (exact) mass is 252 g/mol. The smallest absolute Gasteiger partial charge is 0.171 e. The fourth-order valence-electron chi connectivity index (χ4n) is 2.84. The lowest BCUT2D eigenvalue weighted by Crippen LogP contribution is -2.24. The number of carbonyl (C=O) groups is 1. The van der Waals surface area contributed by atoms with Crippen molar-refractivity contribution >= 4 is 5.78 Å². The number of ketones is 1. The summed E-state index contributed by atoms with van der Waals surface area (Å²) in [5, 5.41) is 0. The van der Waals surface area contributed by atoms with Gasteiger partial charge in [-0.3, -0.25) is 4.79 Å². The fraction of sp³-hybridized carbons (Fsp3) is 0.533. The van der Waals surface area contributed by atoms with Crippen LogP contribution in [0.5, 0.6) is 0 Å². The SMILES string of the molecule is CCC1CCCC(C(=O)c2c(F)cccc2F)C1. The molecule has 0 aliphatic heterocycles. The average Bonchev–Trinajstić information content (AvgIpc) is 2.38. The predicted molar refractivity (Wildman–Crippen MR) is 66.4 cm³/mol. The number of carbonyl (C=O) groups excluding carboxylic acids is 1. The molecule has 3 heteroatoms. The normalized spacial score (nSPS) is 23.9. The summed E-state index contributed by atoms with van der Waals surface area (Å²) >= 11 is 0. The maximum Gasteiger partial charge on any atom is 0.171 e. The molecular formula is C15H18F2O. The Morgan fingerprint density at radius 1 is 1.28 bits per heavy atom. The summed E-state index contributed by atoms with van der Waals surface area (Å²) in [6.45, 7) is 2.10. The van der Waals surface area contributed by atoms with E-state index in [1.807, 2.05) is 0 Å². The molecular weight excluding hydrogens is 234 g/mol. The minimum absolute atomic E-state index is 0.213. The van der Waals surface area contributed by atoms with Crippen LogP contribution in [0.2, 0.25) is 0 Å². The van der Waals surface area contributed by atoms with E-state index < -0.39 is 11.6 Å². The Morgan fingerprint density at radius 2 is 1.94 bits per heavy atom. The van der Waals surface area contributed by atoms with E-state index in [1.165, 1.54) is 6.07 Å². The number of Topliss-reactive ketones (excluding diaryl/α,β-unsaturated/α-hetero) is 1. The summed E-state index contributed by atoms with van der Waals surface area (Å²) in [5.41, 5.74) is -0.348. The molecule has 0 radical (unpaired) electrons. The summed E-state index contributed by atoms with van der Waals surface area (Å²) in [5.74, 6) is -1.53. The van der Waals surface area contributed by atoms with Crippen LogP contribution in [-0.4, -0.2) is 5.78 Å². The molecule has 1 aromatic carbocycles. The number of rotatable bonds is 3. The molecule has 1 saturated carbocycles. The van der Waals surface area contributed by atoms with E-state index in [-0.39, 0.29) is 17.3 Å². The fourth-order valence-corrected chi connectivity index (χ4v) is 2.84. The molecule has 0 spiro atoms. The molecule has 1 fully saturated rings. The molecule has 1 aliphatic rings. The van der Waals surface area contributed by atoms with Crippen molar-refractivity contribution in [2.45, 2.75) is 39.0 Å². The third kappa shape index (κ3) is 2.60. The van der Waals surface area contributed by atoms with Crippen LogP contribution in [0.25, 0.3) is 0 Å². The largest absolute Gasteiger partial charge is 0.294 e. The highest BCUT2D eigenvalue weighted by Crippen LogP contribution is 2.33. The maximum atomic E-state index is 13.6. The number of hydrogen-bond acceptors (Lipinski definition) is 1. The van der Waals surface area contributed by atoms with Crippen LogP contribution in [0.15, 0.2) is 18.2 Å². The Balaban J connectivity index is 2.20. The molecule has 0 bridgehead atoms. The summed E-state index contributed by atoms with van der Waals surface area (Å²) in [4.78, 5) is 12.2. The molecule has 0 aromatic heterocycles. The molecule has 0 saturated heterocycles. The first-order valence-corrected chi connectivity index (χ1v) is 6.61. The molecule has 1 aromatic rings. The molecule has 2 rings (SSSR count). The maximum absolute atomic E-state index is 13.6. The van der Waals surface area contributed by atoms with Gasteiger partial charge < -0.3 is 0 Å². The molecule has 2 atom stereocenters. The van der Waals surface area contributed by atoms with Gasteiger partial charge in [-0.1, -0.05) is 32.3 Å². The third-order valence-corrected chi connectivity index (χ3v) is 3.94. The molecule has 2 unspecified atom stereocenters. The Bertz CT molecular complexity index is 422. The summed E-state index contributed by atoms with van der Waals surface area (Å²) < 4.78 is 27.1. The Morgan fingerprint density at radius 3 is 2.56 bits per heavy atom. The van der Waals surface area contributed by atoms with Crippen molar-refractivity contribution in [2.75, 3.05) is 0 Å². The first-order valence-electron chi connectivity index (χ1n) is 6.61. The first-order chi connectivity index (χ1) is 8.63. The standard InChI is InChI=1S/C15H18F2O/c1-2-10-5-3-6-11(9-10)15(18)14-12(16)7-4-8-13(14)17/h4,7-8,10-11H,2-3,5-6,9H2,1H3. The van der Waals surface area contributed by atoms with Gasteiger partial charge in [-0.2, -0.15) is 0 Å². The summed E-state index contributed by atoms with van der Waals surface area (Å²) in [7, 11) is 0. The first kappa shape index (κ1) is 13.2. The zero-order valence-electron chi connectivity index (χ0n) is 10.6. The van der Waals surface area contributed by atoms with Gasteiger partial charge in [-0.15, -0.1) is 0 Å². The van der Waals surface area contributed by atoms with Crippen molar-refractivity contribution in [1.82, 2.24) is 0 Å². The second-order valence-corrected chi connectivity index (χ2v) is 5.10. The Kier molecular flexibility index (Phi) is 4.10. The zero-order chi connectivity index (χ0) is 13.1. The van der Waals surface area contributed by atoms with Crippen molar-refractivity contribution in [3.63, 3.8) is 0 Å². The van der Waals surface area contributed by atoms with Gasteiger partial charge in [0.2, 0.25) is 0 Å². The highest BCUT2D eigenvalue weighted by Gasteiger charge is 2.30. The van der Waals surface area contributed by atoms with Gasteiger partial charge in [0.1, 0.15) is 11.6 Å². The van der Waals surface area contributed by atoms with E-state index >= 15 is 0 Å². The molecule has 0 N–H and O–H groups in total. The van der Waals surface area contributed by atoms with E-state index in [1.54, 1.807) is 0 Å². The van der Waals surface area contributed by atoms with Gasteiger partial charge in [-0.05, 0) is 30.9 Å². The minimum Gasteiger partial charge on any atom is -0.294 e. The number of halogens is 2. The van der Waals surface area contributed by atoms with Crippen LogP contribution in [0.1, 0.15) is 49.4 Å². The van der Waals surface area contributed by atoms with Crippen molar-refractivity contribution in [1.29, 1.82) is 0 Å². The Hall–Kier alpha value is -1.25. The van der Waals surface area contributed by atoms with E-state index in [4.69, 9.17) is 0 Å². The van der Waals surface area contributed by atoms with Crippen LogP contribution in [-0.2, 0) is 0 Å². The second kappa shape index (κ2) is 5.59. The predicted octanol–water partition coefficient (Wildman–Crippen LogP) is 4.36. The van der Waals surface area contributed by atoms with Crippen LogP contribution in [0.3, 0.4) is 0 Å². The number of hydrogen-bond donors (Lipinski definition) is 0. The quantitative estimate of drug-likeness (QED) is 0.730. The van der Waals surface area contributed by atoms with Crippen LogP contribution in [0.4, 0.5) is 8.78 Å². The van der Waals surface area contributed by atoms with E-state index in [9.17, 15) is 13.6 Å². The molecule has 1 aliphatic carbocycles. The van der Waals surface area contributed by atoms with Crippen molar-refractivity contribution < 1.29 is 13.6 Å². The van der Waals surface area contributed by atoms with E-state index in [0.29, 0.717) is 5.92 Å². The lowest BCUT2D eigenvalue weighted by atomic mass is 9.77. The Labute approximate surface area is 106 Å². The molecule has 0 amide bonds. The lowest BCUT2D eigenvalue weighted by molar-refractivity contribution is 0.0853.